The van der Waals surface area contributed by atoms with Crippen molar-refractivity contribution in [2.24, 2.45) is 0 Å². The summed E-state index contributed by atoms with van der Waals surface area (Å²) in [5, 5.41) is 4.14. The summed E-state index contributed by atoms with van der Waals surface area (Å²) in [6, 6.07) is 30.3. The van der Waals surface area contributed by atoms with Gasteiger partial charge in [0.05, 0.1) is 11.2 Å². The second-order valence-corrected chi connectivity index (χ2v) is 15.1. The van der Waals surface area contributed by atoms with Gasteiger partial charge in [-0.1, -0.05) is 121 Å². The number of fused-ring (bicyclic) bond motifs is 2. The number of aryl methyl sites for hydroxylation is 1. The van der Waals surface area contributed by atoms with Gasteiger partial charge in [0.15, 0.2) is 9.84 Å². The predicted octanol–water partition coefficient (Wildman–Crippen LogP) is 9.22. The average molecular weight is 699 g/mol. The highest BCUT2D eigenvalue weighted by Crippen LogP contribution is 2.35. The molecule has 0 amide bonds. The lowest BCUT2D eigenvalue weighted by atomic mass is 10.0. The summed E-state index contributed by atoms with van der Waals surface area (Å²) in [7, 11) is -6.29. The molecule has 0 spiro atoms. The van der Waals surface area contributed by atoms with Crippen LogP contribution in [0.3, 0.4) is 0 Å². The lowest BCUT2D eigenvalue weighted by Crippen LogP contribution is -2.03. The minimum atomic E-state index is -3.15. The van der Waals surface area contributed by atoms with Gasteiger partial charge < -0.3 is 0 Å². The van der Waals surface area contributed by atoms with E-state index in [1.54, 1.807) is 0 Å². The molecule has 0 saturated carbocycles. The highest BCUT2D eigenvalue weighted by Gasteiger charge is 2.23. The number of allylic oxidation sites excluding steroid dienone is 2. The van der Waals surface area contributed by atoms with E-state index in [2.05, 4.69) is 59.6 Å². The molecule has 0 bridgehead atoms. The topological polar surface area (TPSA) is 68.3 Å². The summed E-state index contributed by atoms with van der Waals surface area (Å²) in [6.07, 6.45) is 24.4. The third-order valence-corrected chi connectivity index (χ3v) is 9.01. The van der Waals surface area contributed by atoms with E-state index < -0.39 is 19.7 Å². The first-order valence-corrected chi connectivity index (χ1v) is 19.7. The fourth-order valence-electron chi connectivity index (χ4n) is 5.17. The second kappa shape index (κ2) is 21.1. The molecule has 4 aromatic rings. The standard InChI is InChI=1S/C14H14O2S.C14H16O2S.C13H14.H2S/c1-17(15,16)14-12-7-3-2-5-10(12)9-11-6-4-8-13(11)14;1-17(15,16)13-9-4-2-3-6-10-14-11-7-5-8-12-14;1-2-3-4-5-7-10-13-11-8-6-9-12-13;/h2-3,5,7,9H,4,6,8H2,1H3;5-8,10-12H,2-4H2,1H3;1,6-12H,3-5H2;1H2/b;10-6+;10-7+;. The summed E-state index contributed by atoms with van der Waals surface area (Å²) in [6.45, 7) is 0. The molecule has 0 radical (unpaired) electrons. The first kappa shape index (κ1) is 40.2. The zero-order valence-corrected chi connectivity index (χ0v) is 30.5. The molecule has 7 heteroatoms. The van der Waals surface area contributed by atoms with Gasteiger partial charge in [-0.05, 0) is 72.6 Å². The molecule has 4 nitrogen and oxygen atoms in total. The van der Waals surface area contributed by atoms with Gasteiger partial charge in [0.25, 0.3) is 0 Å². The van der Waals surface area contributed by atoms with Crippen molar-refractivity contribution in [3.05, 3.63) is 125 Å². The number of sulfone groups is 2. The lowest BCUT2D eigenvalue weighted by Gasteiger charge is -2.11. The fourth-order valence-corrected chi connectivity index (χ4v) is 6.80. The molecule has 0 aliphatic heterocycles. The molecule has 0 atom stereocenters. The highest BCUT2D eigenvalue weighted by molar-refractivity contribution is 7.95. The van der Waals surface area contributed by atoms with Crippen LogP contribution >= 0.6 is 13.5 Å². The summed E-state index contributed by atoms with van der Waals surface area (Å²) in [4.78, 5) is 0.558. The van der Waals surface area contributed by atoms with Crippen molar-refractivity contribution < 1.29 is 16.8 Å². The SMILES string of the molecule is C#CCCC/C=C/c1ccccc1.CS(=O)(=O)C#CCCC/C=C/c1ccccc1.CS(=O)(=O)c1c2c(cc3ccccc13)CCC2.S. The number of benzene rings is 4. The van der Waals surface area contributed by atoms with E-state index in [4.69, 9.17) is 6.42 Å². The Morgan fingerprint density at radius 3 is 1.81 bits per heavy atom. The molecule has 4 aromatic carbocycles. The van der Waals surface area contributed by atoms with Crippen LogP contribution in [0, 0.1) is 23.5 Å². The lowest BCUT2D eigenvalue weighted by molar-refractivity contribution is 0.601. The van der Waals surface area contributed by atoms with Crippen LogP contribution in [0.2, 0.25) is 0 Å². The Kier molecular flexibility index (Phi) is 17.6. The highest BCUT2D eigenvalue weighted by atomic mass is 32.2. The van der Waals surface area contributed by atoms with E-state index in [9.17, 15) is 16.8 Å². The largest absolute Gasteiger partial charge is 0.224 e. The number of unbranched alkanes of at least 4 members (excludes halogenated alkanes) is 4. The molecule has 0 fully saturated rings. The average Bonchev–Trinajstić information content (AvgIpc) is 3.51. The van der Waals surface area contributed by atoms with E-state index in [1.165, 1.54) is 22.9 Å². The molecular formula is C41H46O4S3. The van der Waals surface area contributed by atoms with E-state index >= 15 is 0 Å². The molecule has 0 unspecified atom stereocenters. The molecule has 0 heterocycles. The van der Waals surface area contributed by atoms with Gasteiger partial charge >= 0.3 is 0 Å². The zero-order chi connectivity index (χ0) is 34.0. The number of rotatable bonds is 9. The van der Waals surface area contributed by atoms with Gasteiger partial charge in [0.2, 0.25) is 9.84 Å². The van der Waals surface area contributed by atoms with Crippen LogP contribution in [0.4, 0.5) is 0 Å². The summed E-state index contributed by atoms with van der Waals surface area (Å²) in [5.74, 6) is 5.28. The first-order chi connectivity index (χ1) is 22.6. The van der Waals surface area contributed by atoms with E-state index in [0.717, 1.165) is 74.0 Å². The van der Waals surface area contributed by atoms with Gasteiger partial charge in [-0.2, -0.15) is 13.5 Å². The zero-order valence-electron chi connectivity index (χ0n) is 27.9. The van der Waals surface area contributed by atoms with Crippen LogP contribution < -0.4 is 0 Å². The van der Waals surface area contributed by atoms with E-state index in [1.807, 2.05) is 72.8 Å². The Morgan fingerprint density at radius 2 is 1.27 bits per heavy atom. The second-order valence-electron chi connectivity index (χ2n) is 11.4. The van der Waals surface area contributed by atoms with Gasteiger partial charge in [-0.15, -0.1) is 12.3 Å². The van der Waals surface area contributed by atoms with E-state index in [-0.39, 0.29) is 13.5 Å². The molecule has 0 saturated heterocycles. The molecule has 0 N–H and O–H groups in total. The van der Waals surface area contributed by atoms with Crippen LogP contribution in [0.1, 0.15) is 67.2 Å². The van der Waals surface area contributed by atoms with Crippen molar-refractivity contribution in [3.63, 3.8) is 0 Å². The Bertz CT molecular complexity index is 1960. The quantitative estimate of drug-likeness (QED) is 0.0993. The van der Waals surface area contributed by atoms with Crippen LogP contribution in [0.25, 0.3) is 22.9 Å². The van der Waals surface area contributed by atoms with Gasteiger partial charge in [-0.25, -0.2) is 16.8 Å². The van der Waals surface area contributed by atoms with Crippen molar-refractivity contribution in [1.29, 1.82) is 0 Å². The Balaban J connectivity index is 0.000000250. The van der Waals surface area contributed by atoms with Crippen LogP contribution in [-0.4, -0.2) is 29.3 Å². The van der Waals surface area contributed by atoms with Crippen LogP contribution in [0.15, 0.2) is 108 Å². The number of terminal acetylenes is 1. The van der Waals surface area contributed by atoms with Crippen molar-refractivity contribution in [2.75, 3.05) is 12.5 Å². The van der Waals surface area contributed by atoms with Crippen molar-refractivity contribution in [2.45, 2.75) is 62.7 Å². The Labute approximate surface area is 295 Å². The molecule has 1 aliphatic rings. The molecule has 1 aliphatic carbocycles. The minimum absolute atomic E-state index is 0. The van der Waals surface area contributed by atoms with Gasteiger partial charge in [-0.3, -0.25) is 0 Å². The number of hydrogen-bond donors (Lipinski definition) is 0. The minimum Gasteiger partial charge on any atom is -0.224 e. The summed E-state index contributed by atoms with van der Waals surface area (Å²) >= 11 is 0. The van der Waals surface area contributed by atoms with Crippen molar-refractivity contribution >= 4 is 56.1 Å². The van der Waals surface area contributed by atoms with Gasteiger partial charge in [0.1, 0.15) is 0 Å². The third kappa shape index (κ3) is 14.8. The van der Waals surface area contributed by atoms with Crippen LogP contribution in [0.5, 0.6) is 0 Å². The maximum atomic E-state index is 12.0. The van der Waals surface area contributed by atoms with Crippen molar-refractivity contribution in [1.82, 2.24) is 0 Å². The number of hydrogen-bond acceptors (Lipinski definition) is 4. The first-order valence-electron chi connectivity index (χ1n) is 15.9. The molecular weight excluding hydrogens is 653 g/mol. The summed E-state index contributed by atoms with van der Waals surface area (Å²) in [5.41, 5.74) is 4.69. The van der Waals surface area contributed by atoms with Gasteiger partial charge in [0, 0.05) is 29.7 Å². The van der Waals surface area contributed by atoms with Crippen molar-refractivity contribution in [3.8, 4) is 23.5 Å². The third-order valence-electron chi connectivity index (χ3n) is 7.28. The smallest absolute Gasteiger partial charge is 0.213 e. The van der Waals surface area contributed by atoms with Crippen LogP contribution in [-0.2, 0) is 32.5 Å². The normalized spacial score (nSPS) is 12.0. The summed E-state index contributed by atoms with van der Waals surface area (Å²) < 4.78 is 45.4. The molecule has 0 aromatic heterocycles. The maximum absolute atomic E-state index is 12.0. The monoisotopic (exact) mass is 698 g/mol. The fraction of sp³-hybridized carbons (Fsp3) is 0.268. The molecule has 252 valence electrons. The maximum Gasteiger partial charge on any atom is 0.213 e. The Morgan fingerprint density at radius 1 is 0.729 bits per heavy atom. The molecule has 5 rings (SSSR count). The predicted molar refractivity (Wildman–Crippen MR) is 210 cm³/mol. The Hall–Kier alpha value is -4.01. The molecule has 48 heavy (non-hydrogen) atoms. The van der Waals surface area contributed by atoms with E-state index in [0.29, 0.717) is 11.3 Å².